The zero-order valence-corrected chi connectivity index (χ0v) is 15.6. The minimum Gasteiger partial charge on any atom is -0.365 e. The summed E-state index contributed by atoms with van der Waals surface area (Å²) in [7, 11) is 0. The van der Waals surface area contributed by atoms with Gasteiger partial charge in [-0.3, -0.25) is 0 Å². The van der Waals surface area contributed by atoms with E-state index in [-0.39, 0.29) is 0 Å². The highest BCUT2D eigenvalue weighted by molar-refractivity contribution is 5.67. The van der Waals surface area contributed by atoms with Gasteiger partial charge >= 0.3 is 0 Å². The van der Waals surface area contributed by atoms with Crippen LogP contribution in [-0.4, -0.2) is 0 Å². The summed E-state index contributed by atoms with van der Waals surface area (Å²) in [5, 5.41) is 3.53. The summed E-state index contributed by atoms with van der Waals surface area (Å²) in [4.78, 5) is 0. The van der Waals surface area contributed by atoms with Gasteiger partial charge in [-0.15, -0.1) is 0 Å². The maximum absolute atomic E-state index is 4.32. The number of hydrogen-bond acceptors (Lipinski definition) is 1. The highest BCUT2D eigenvalue weighted by atomic mass is 14.9. The number of benzene rings is 1. The normalized spacial score (nSPS) is 14.3. The van der Waals surface area contributed by atoms with Gasteiger partial charge in [-0.1, -0.05) is 83.9 Å². The predicted molar refractivity (Wildman–Crippen MR) is 104 cm³/mol. The molecule has 0 amide bonds. The summed E-state index contributed by atoms with van der Waals surface area (Å²) in [5.41, 5.74) is 3.86. The van der Waals surface area contributed by atoms with Gasteiger partial charge in [0.15, 0.2) is 0 Å². The van der Waals surface area contributed by atoms with Crippen molar-refractivity contribution in [2.45, 2.75) is 66.2 Å². The molecule has 0 saturated carbocycles. The van der Waals surface area contributed by atoms with E-state index in [9.17, 15) is 0 Å². The van der Waals surface area contributed by atoms with E-state index in [1.807, 2.05) is 0 Å². The van der Waals surface area contributed by atoms with Crippen molar-refractivity contribution < 1.29 is 0 Å². The smallest absolute Gasteiger partial charge is 0.0105 e. The van der Waals surface area contributed by atoms with Crippen LogP contribution in [0.15, 0.2) is 48.8 Å². The van der Waals surface area contributed by atoms with Gasteiger partial charge < -0.3 is 5.32 Å². The predicted octanol–water partition coefficient (Wildman–Crippen LogP) is 6.78. The van der Waals surface area contributed by atoms with E-state index < -0.39 is 0 Å². The zero-order valence-electron chi connectivity index (χ0n) is 15.6. The molecule has 1 N–H and O–H groups in total. The SMILES string of the molecule is C=C(N/C=C(/c1ccccc1)C(C)CC)C(CCC)CCCC. The molecule has 0 aromatic heterocycles. The van der Waals surface area contributed by atoms with E-state index >= 15 is 0 Å². The number of rotatable bonds is 11. The van der Waals surface area contributed by atoms with E-state index in [1.165, 1.54) is 48.9 Å². The first kappa shape index (κ1) is 19.5. The fraction of sp³-hybridized carbons (Fsp3) is 0.545. The largest absolute Gasteiger partial charge is 0.365 e. The summed E-state index contributed by atoms with van der Waals surface area (Å²) < 4.78 is 0. The highest BCUT2D eigenvalue weighted by Crippen LogP contribution is 2.26. The number of allylic oxidation sites excluding steroid dienone is 2. The lowest BCUT2D eigenvalue weighted by Crippen LogP contribution is -2.16. The summed E-state index contributed by atoms with van der Waals surface area (Å²) in [6.07, 6.45) is 9.56. The first-order chi connectivity index (χ1) is 11.1. The van der Waals surface area contributed by atoms with Crippen LogP contribution in [0, 0.1) is 11.8 Å². The Bertz CT molecular complexity index is 472. The molecule has 0 heterocycles. The van der Waals surface area contributed by atoms with E-state index in [4.69, 9.17) is 0 Å². The molecule has 0 fully saturated rings. The van der Waals surface area contributed by atoms with Gasteiger partial charge in [-0.2, -0.15) is 0 Å². The Balaban J connectivity index is 2.84. The summed E-state index contributed by atoms with van der Waals surface area (Å²) in [6.45, 7) is 13.4. The van der Waals surface area contributed by atoms with E-state index in [1.54, 1.807) is 0 Å². The fourth-order valence-corrected chi connectivity index (χ4v) is 2.94. The Morgan fingerprint density at radius 2 is 1.78 bits per heavy atom. The Morgan fingerprint density at radius 1 is 1.09 bits per heavy atom. The van der Waals surface area contributed by atoms with Gasteiger partial charge in [-0.25, -0.2) is 0 Å². The molecule has 0 aliphatic rings. The fourth-order valence-electron chi connectivity index (χ4n) is 2.94. The third kappa shape index (κ3) is 6.64. The lowest BCUT2D eigenvalue weighted by atomic mass is 9.92. The van der Waals surface area contributed by atoms with Crippen LogP contribution in [0.1, 0.15) is 71.8 Å². The first-order valence-electron chi connectivity index (χ1n) is 9.34. The molecule has 2 atom stereocenters. The molecule has 2 unspecified atom stereocenters. The van der Waals surface area contributed by atoms with Crippen LogP contribution in [-0.2, 0) is 0 Å². The van der Waals surface area contributed by atoms with Crippen molar-refractivity contribution in [2.75, 3.05) is 0 Å². The van der Waals surface area contributed by atoms with Crippen LogP contribution in [0.3, 0.4) is 0 Å². The summed E-state index contributed by atoms with van der Waals surface area (Å²) >= 11 is 0. The van der Waals surface area contributed by atoms with Crippen LogP contribution in [0.5, 0.6) is 0 Å². The van der Waals surface area contributed by atoms with Crippen molar-refractivity contribution >= 4 is 5.57 Å². The maximum Gasteiger partial charge on any atom is 0.0105 e. The molecule has 1 aromatic carbocycles. The molecule has 0 saturated heterocycles. The second-order valence-corrected chi connectivity index (χ2v) is 6.57. The number of nitrogens with one attached hydrogen (secondary N) is 1. The van der Waals surface area contributed by atoms with Crippen molar-refractivity contribution in [1.29, 1.82) is 0 Å². The molecule has 1 rings (SSSR count). The van der Waals surface area contributed by atoms with Crippen molar-refractivity contribution in [3.05, 3.63) is 54.4 Å². The van der Waals surface area contributed by atoms with Crippen molar-refractivity contribution in [3.8, 4) is 0 Å². The zero-order chi connectivity index (χ0) is 17.1. The van der Waals surface area contributed by atoms with Crippen LogP contribution in [0.4, 0.5) is 0 Å². The third-order valence-corrected chi connectivity index (χ3v) is 4.70. The molecule has 1 aromatic rings. The van der Waals surface area contributed by atoms with Crippen molar-refractivity contribution in [1.82, 2.24) is 5.32 Å². The second-order valence-electron chi connectivity index (χ2n) is 6.57. The van der Waals surface area contributed by atoms with Gasteiger partial charge in [0.05, 0.1) is 0 Å². The molecule has 0 spiro atoms. The molecule has 0 aliphatic heterocycles. The molecule has 0 bridgehead atoms. The number of hydrogen-bond donors (Lipinski definition) is 1. The van der Waals surface area contributed by atoms with Crippen LogP contribution in [0.2, 0.25) is 0 Å². The Hall–Kier alpha value is -1.50. The molecular weight excluding hydrogens is 278 g/mol. The van der Waals surface area contributed by atoms with Gasteiger partial charge in [0.2, 0.25) is 0 Å². The molecule has 0 radical (unpaired) electrons. The van der Waals surface area contributed by atoms with Gasteiger partial charge in [-0.05, 0) is 42.2 Å². The molecule has 1 heteroatoms. The van der Waals surface area contributed by atoms with Crippen LogP contribution < -0.4 is 5.32 Å². The van der Waals surface area contributed by atoms with Gasteiger partial charge in [0.25, 0.3) is 0 Å². The quantitative estimate of drug-likeness (QED) is 0.474. The van der Waals surface area contributed by atoms with E-state index in [0.717, 1.165) is 6.42 Å². The minimum atomic E-state index is 0.540. The second kappa shape index (κ2) is 11.1. The van der Waals surface area contributed by atoms with Gasteiger partial charge in [0, 0.05) is 11.9 Å². The molecule has 23 heavy (non-hydrogen) atoms. The Kier molecular flexibility index (Phi) is 9.43. The van der Waals surface area contributed by atoms with Crippen LogP contribution in [0.25, 0.3) is 5.57 Å². The van der Waals surface area contributed by atoms with E-state index in [0.29, 0.717) is 11.8 Å². The Morgan fingerprint density at radius 3 is 2.35 bits per heavy atom. The highest BCUT2D eigenvalue weighted by Gasteiger charge is 2.13. The lowest BCUT2D eigenvalue weighted by Gasteiger charge is -2.21. The van der Waals surface area contributed by atoms with Crippen LogP contribution >= 0.6 is 0 Å². The molecule has 1 nitrogen and oxygen atoms in total. The average molecular weight is 314 g/mol. The van der Waals surface area contributed by atoms with Gasteiger partial charge in [0.1, 0.15) is 0 Å². The van der Waals surface area contributed by atoms with Crippen molar-refractivity contribution in [3.63, 3.8) is 0 Å². The summed E-state index contributed by atoms with van der Waals surface area (Å²) in [6, 6.07) is 10.7. The third-order valence-electron chi connectivity index (χ3n) is 4.70. The van der Waals surface area contributed by atoms with Crippen molar-refractivity contribution in [2.24, 2.45) is 11.8 Å². The first-order valence-corrected chi connectivity index (χ1v) is 9.34. The number of unbranched alkanes of at least 4 members (excludes halogenated alkanes) is 1. The maximum atomic E-state index is 4.32. The lowest BCUT2D eigenvalue weighted by molar-refractivity contribution is 0.474. The topological polar surface area (TPSA) is 12.0 Å². The monoisotopic (exact) mass is 313 g/mol. The average Bonchev–Trinajstić information content (AvgIpc) is 2.59. The molecular formula is C22H35N. The minimum absolute atomic E-state index is 0.540. The molecule has 0 aliphatic carbocycles. The van der Waals surface area contributed by atoms with E-state index in [2.05, 4.69) is 76.1 Å². The standard InChI is InChI=1S/C22H35N/c1-6-9-14-20(13-7-2)19(5)23-17-22(18(4)8-3)21-15-11-10-12-16-21/h10-12,15-18,20,23H,5-9,13-14H2,1-4H3/b22-17+. The summed E-state index contributed by atoms with van der Waals surface area (Å²) in [5.74, 6) is 1.13. The Labute approximate surface area is 143 Å². The molecule has 128 valence electrons.